The fraction of sp³-hybridized carbons (Fsp3) is 0.625. The Labute approximate surface area is 121 Å². The van der Waals surface area contributed by atoms with Crippen LogP contribution in [0, 0.1) is 0 Å². The first-order chi connectivity index (χ1) is 9.80. The molecule has 1 aromatic carbocycles. The molecule has 4 heteroatoms. The van der Waals surface area contributed by atoms with Gasteiger partial charge in [-0.3, -0.25) is 4.90 Å². The smallest absolute Gasteiger partial charge is 0.161 e. The average Bonchev–Trinajstić information content (AvgIpc) is 2.97. The van der Waals surface area contributed by atoms with Crippen molar-refractivity contribution >= 4 is 0 Å². The summed E-state index contributed by atoms with van der Waals surface area (Å²) in [6, 6.07) is 6.49. The molecule has 1 aliphatic rings. The highest BCUT2D eigenvalue weighted by molar-refractivity contribution is 5.44. The van der Waals surface area contributed by atoms with Crippen LogP contribution in [0.15, 0.2) is 18.2 Å². The van der Waals surface area contributed by atoms with Crippen LogP contribution in [-0.2, 0) is 0 Å². The van der Waals surface area contributed by atoms with Gasteiger partial charge in [-0.1, -0.05) is 6.07 Å². The van der Waals surface area contributed by atoms with E-state index in [4.69, 9.17) is 15.2 Å². The van der Waals surface area contributed by atoms with Crippen molar-refractivity contribution in [1.29, 1.82) is 0 Å². The quantitative estimate of drug-likeness (QED) is 0.833. The SMILES string of the molecule is CCOc1ccc(C(CN)N2CCCC2)cc1OCC. The van der Waals surface area contributed by atoms with E-state index in [0.29, 0.717) is 19.8 Å². The van der Waals surface area contributed by atoms with Crippen LogP contribution in [0.1, 0.15) is 38.3 Å². The Morgan fingerprint density at radius 3 is 2.35 bits per heavy atom. The van der Waals surface area contributed by atoms with Gasteiger partial charge in [0.25, 0.3) is 0 Å². The minimum atomic E-state index is 0.285. The Bertz CT molecular complexity index is 417. The molecular weight excluding hydrogens is 252 g/mol. The molecule has 0 radical (unpaired) electrons. The Balaban J connectivity index is 2.23. The predicted octanol–water partition coefficient (Wildman–Crippen LogP) is 2.58. The molecule has 2 rings (SSSR count). The van der Waals surface area contributed by atoms with Crippen molar-refractivity contribution in [2.75, 3.05) is 32.8 Å². The van der Waals surface area contributed by atoms with Crippen LogP contribution >= 0.6 is 0 Å². The number of nitrogens with two attached hydrogens (primary N) is 1. The zero-order chi connectivity index (χ0) is 14.4. The Morgan fingerprint density at radius 2 is 1.75 bits per heavy atom. The van der Waals surface area contributed by atoms with Gasteiger partial charge in [0.2, 0.25) is 0 Å². The summed E-state index contributed by atoms with van der Waals surface area (Å²) < 4.78 is 11.3. The number of hydrogen-bond donors (Lipinski definition) is 1. The van der Waals surface area contributed by atoms with Crippen LogP contribution in [0.25, 0.3) is 0 Å². The van der Waals surface area contributed by atoms with Crippen LogP contribution in [0.4, 0.5) is 0 Å². The summed E-state index contributed by atoms with van der Waals surface area (Å²) in [4.78, 5) is 2.46. The lowest BCUT2D eigenvalue weighted by Gasteiger charge is -2.27. The van der Waals surface area contributed by atoms with Gasteiger partial charge in [0.15, 0.2) is 11.5 Å². The normalized spacial score (nSPS) is 17.1. The molecular formula is C16H26N2O2. The molecule has 0 bridgehead atoms. The molecule has 112 valence electrons. The lowest BCUT2D eigenvalue weighted by molar-refractivity contribution is 0.248. The Hall–Kier alpha value is -1.26. The molecule has 0 saturated carbocycles. The summed E-state index contributed by atoms with van der Waals surface area (Å²) >= 11 is 0. The maximum absolute atomic E-state index is 5.99. The van der Waals surface area contributed by atoms with E-state index in [-0.39, 0.29) is 6.04 Å². The molecule has 0 amide bonds. The first kappa shape index (κ1) is 15.1. The van der Waals surface area contributed by atoms with E-state index in [2.05, 4.69) is 17.0 Å². The van der Waals surface area contributed by atoms with Gasteiger partial charge in [0.05, 0.1) is 13.2 Å². The summed E-state index contributed by atoms with van der Waals surface area (Å²) in [5.74, 6) is 1.64. The summed E-state index contributed by atoms with van der Waals surface area (Å²) in [6.07, 6.45) is 2.54. The third kappa shape index (κ3) is 3.44. The molecule has 1 atom stereocenters. The van der Waals surface area contributed by atoms with E-state index < -0.39 is 0 Å². The summed E-state index contributed by atoms with van der Waals surface area (Å²) in [7, 11) is 0. The number of hydrogen-bond acceptors (Lipinski definition) is 4. The lowest BCUT2D eigenvalue weighted by atomic mass is 10.0. The van der Waals surface area contributed by atoms with Crippen LogP contribution < -0.4 is 15.2 Å². The lowest BCUT2D eigenvalue weighted by Crippen LogP contribution is -2.31. The summed E-state index contributed by atoms with van der Waals surface area (Å²) in [5, 5.41) is 0. The molecule has 1 heterocycles. The van der Waals surface area contributed by atoms with Crippen molar-refractivity contribution < 1.29 is 9.47 Å². The Morgan fingerprint density at radius 1 is 1.10 bits per heavy atom. The maximum Gasteiger partial charge on any atom is 0.161 e. The van der Waals surface area contributed by atoms with Crippen LogP contribution in [0.3, 0.4) is 0 Å². The molecule has 1 unspecified atom stereocenters. The number of benzene rings is 1. The van der Waals surface area contributed by atoms with Gasteiger partial charge in [0.1, 0.15) is 0 Å². The van der Waals surface area contributed by atoms with Gasteiger partial charge >= 0.3 is 0 Å². The van der Waals surface area contributed by atoms with E-state index in [1.807, 2.05) is 19.9 Å². The first-order valence-corrected chi connectivity index (χ1v) is 7.63. The molecule has 20 heavy (non-hydrogen) atoms. The fourth-order valence-electron chi connectivity index (χ4n) is 2.82. The zero-order valence-electron chi connectivity index (χ0n) is 12.6. The number of rotatable bonds is 7. The zero-order valence-corrected chi connectivity index (χ0v) is 12.6. The standard InChI is InChI=1S/C16H26N2O2/c1-3-19-15-8-7-13(11-16(15)20-4-2)14(12-17)18-9-5-6-10-18/h7-8,11,14H,3-6,9-10,12,17H2,1-2H3. The molecule has 0 aliphatic carbocycles. The molecule has 1 aliphatic heterocycles. The number of ether oxygens (including phenoxy) is 2. The topological polar surface area (TPSA) is 47.7 Å². The van der Waals surface area contributed by atoms with Crippen LogP contribution in [0.5, 0.6) is 11.5 Å². The number of likely N-dealkylation sites (tertiary alicyclic amines) is 1. The Kier molecular flexibility index (Phi) is 5.68. The van der Waals surface area contributed by atoms with Gasteiger partial charge < -0.3 is 15.2 Å². The number of nitrogens with zero attached hydrogens (tertiary/aromatic N) is 1. The third-order valence-corrected chi connectivity index (χ3v) is 3.76. The van der Waals surface area contributed by atoms with E-state index in [9.17, 15) is 0 Å². The fourth-order valence-corrected chi connectivity index (χ4v) is 2.82. The van der Waals surface area contributed by atoms with Crippen molar-refractivity contribution in [2.45, 2.75) is 32.7 Å². The van der Waals surface area contributed by atoms with Crippen molar-refractivity contribution in [3.05, 3.63) is 23.8 Å². The van der Waals surface area contributed by atoms with Gasteiger partial charge in [-0.25, -0.2) is 0 Å². The van der Waals surface area contributed by atoms with Crippen molar-refractivity contribution in [3.8, 4) is 11.5 Å². The highest BCUT2D eigenvalue weighted by Gasteiger charge is 2.23. The van der Waals surface area contributed by atoms with Gasteiger partial charge in [-0.05, 0) is 57.5 Å². The molecule has 0 spiro atoms. The van der Waals surface area contributed by atoms with E-state index in [1.165, 1.54) is 18.4 Å². The van der Waals surface area contributed by atoms with E-state index >= 15 is 0 Å². The maximum atomic E-state index is 5.99. The molecule has 2 N–H and O–H groups in total. The van der Waals surface area contributed by atoms with Crippen molar-refractivity contribution in [2.24, 2.45) is 5.73 Å². The first-order valence-electron chi connectivity index (χ1n) is 7.63. The van der Waals surface area contributed by atoms with Crippen LogP contribution in [0.2, 0.25) is 0 Å². The predicted molar refractivity (Wildman–Crippen MR) is 81.4 cm³/mol. The monoisotopic (exact) mass is 278 g/mol. The second kappa shape index (κ2) is 7.50. The van der Waals surface area contributed by atoms with E-state index in [1.54, 1.807) is 0 Å². The molecule has 0 aromatic heterocycles. The molecule has 1 fully saturated rings. The largest absolute Gasteiger partial charge is 0.490 e. The molecule has 1 saturated heterocycles. The molecule has 4 nitrogen and oxygen atoms in total. The summed E-state index contributed by atoms with van der Waals surface area (Å²) in [5.41, 5.74) is 7.22. The third-order valence-electron chi connectivity index (χ3n) is 3.76. The van der Waals surface area contributed by atoms with E-state index in [0.717, 1.165) is 24.6 Å². The van der Waals surface area contributed by atoms with Gasteiger partial charge in [-0.15, -0.1) is 0 Å². The minimum absolute atomic E-state index is 0.285. The van der Waals surface area contributed by atoms with Gasteiger partial charge in [0, 0.05) is 12.6 Å². The van der Waals surface area contributed by atoms with Crippen molar-refractivity contribution in [1.82, 2.24) is 4.90 Å². The summed E-state index contributed by atoms with van der Waals surface area (Å²) in [6.45, 7) is 8.17. The highest BCUT2D eigenvalue weighted by atomic mass is 16.5. The second-order valence-electron chi connectivity index (χ2n) is 5.07. The van der Waals surface area contributed by atoms with Crippen molar-refractivity contribution in [3.63, 3.8) is 0 Å². The van der Waals surface area contributed by atoms with Crippen LogP contribution in [-0.4, -0.2) is 37.7 Å². The minimum Gasteiger partial charge on any atom is -0.490 e. The second-order valence-corrected chi connectivity index (χ2v) is 5.07. The highest BCUT2D eigenvalue weighted by Crippen LogP contribution is 2.33. The average molecular weight is 278 g/mol. The molecule has 1 aromatic rings. The van der Waals surface area contributed by atoms with Gasteiger partial charge in [-0.2, -0.15) is 0 Å².